The lowest BCUT2D eigenvalue weighted by Gasteiger charge is -2.11. The number of nitrogens with zero attached hydrogens (tertiary/aromatic N) is 2. The van der Waals surface area contributed by atoms with Crippen LogP contribution in [-0.2, 0) is 10.1 Å². The number of non-ortho nitro benzene ring substituents is 1. The summed E-state index contributed by atoms with van der Waals surface area (Å²) in [5.41, 5.74) is 1.85. The van der Waals surface area contributed by atoms with Crippen molar-refractivity contribution in [3.63, 3.8) is 0 Å². The molecule has 3 rings (SSSR count). The van der Waals surface area contributed by atoms with Gasteiger partial charge in [0, 0.05) is 12.1 Å². The van der Waals surface area contributed by atoms with Crippen LogP contribution in [0.2, 0.25) is 10.0 Å². The fourth-order valence-corrected chi connectivity index (χ4v) is 4.35. The first-order valence-electron chi connectivity index (χ1n) is 8.97. The van der Waals surface area contributed by atoms with Gasteiger partial charge in [-0.25, -0.2) is 0 Å². The van der Waals surface area contributed by atoms with Crippen LogP contribution < -0.4 is 4.18 Å². The highest BCUT2D eigenvalue weighted by Crippen LogP contribution is 2.37. The summed E-state index contributed by atoms with van der Waals surface area (Å²) in [6.07, 6.45) is 1.47. The lowest BCUT2D eigenvalue weighted by molar-refractivity contribution is -0.384. The number of rotatable bonds is 6. The number of hydrogen-bond donors (Lipinski definition) is 0. The van der Waals surface area contributed by atoms with Crippen LogP contribution in [0.1, 0.15) is 16.7 Å². The highest BCUT2D eigenvalue weighted by atomic mass is 35.5. The first-order valence-corrected chi connectivity index (χ1v) is 11.1. The van der Waals surface area contributed by atoms with E-state index in [9.17, 15) is 23.8 Å². The van der Waals surface area contributed by atoms with E-state index in [0.29, 0.717) is 11.1 Å². The van der Waals surface area contributed by atoms with Gasteiger partial charge in [-0.2, -0.15) is 13.7 Å². The summed E-state index contributed by atoms with van der Waals surface area (Å²) in [5, 5.41) is 20.1. The van der Waals surface area contributed by atoms with Crippen LogP contribution in [0.5, 0.6) is 5.75 Å². The molecule has 0 atom stereocenters. The first-order chi connectivity index (χ1) is 15.1. The molecule has 0 fully saturated rings. The molecular formula is C22H14Cl2N2O5S. The molecular weight excluding hydrogens is 475 g/mol. The molecule has 0 radical (unpaired) electrons. The highest BCUT2D eigenvalue weighted by Gasteiger charge is 2.21. The number of nitriles is 1. The SMILES string of the molecule is Cc1ccc(S(=O)(=O)Oc2c(Cl)cc(/C=C(\C#N)c3ccc([N+](=O)[O-])cc3)cc2Cl)cc1. The van der Waals surface area contributed by atoms with E-state index in [1.54, 1.807) is 12.1 Å². The number of aryl methyl sites for hydroxylation is 1. The van der Waals surface area contributed by atoms with Crippen molar-refractivity contribution in [2.75, 3.05) is 0 Å². The molecule has 3 aromatic rings. The molecule has 0 amide bonds. The molecule has 0 saturated carbocycles. The molecule has 0 aliphatic heterocycles. The van der Waals surface area contributed by atoms with Crippen molar-refractivity contribution in [3.05, 3.63) is 97.5 Å². The summed E-state index contributed by atoms with van der Waals surface area (Å²) < 4.78 is 30.2. The summed E-state index contributed by atoms with van der Waals surface area (Å²) in [5.74, 6) is -0.236. The molecule has 32 heavy (non-hydrogen) atoms. The van der Waals surface area contributed by atoms with Crippen LogP contribution in [0.15, 0.2) is 65.6 Å². The molecule has 0 heterocycles. The summed E-state index contributed by atoms with van der Waals surface area (Å²) in [6.45, 7) is 1.82. The largest absolute Gasteiger partial charge is 0.376 e. The van der Waals surface area contributed by atoms with Crippen LogP contribution in [-0.4, -0.2) is 13.3 Å². The Morgan fingerprint density at radius 2 is 1.62 bits per heavy atom. The van der Waals surface area contributed by atoms with Gasteiger partial charge in [-0.05, 0) is 60.5 Å². The maximum atomic E-state index is 12.5. The third kappa shape index (κ3) is 5.26. The van der Waals surface area contributed by atoms with Crippen LogP contribution in [0.4, 0.5) is 5.69 Å². The minimum Gasteiger partial charge on any atom is -0.376 e. The van der Waals surface area contributed by atoms with Gasteiger partial charge in [-0.3, -0.25) is 10.1 Å². The van der Waals surface area contributed by atoms with Crippen molar-refractivity contribution in [2.45, 2.75) is 11.8 Å². The van der Waals surface area contributed by atoms with E-state index in [1.165, 1.54) is 54.6 Å². The van der Waals surface area contributed by atoms with E-state index in [2.05, 4.69) is 0 Å². The zero-order valence-corrected chi connectivity index (χ0v) is 18.8. The lowest BCUT2D eigenvalue weighted by atomic mass is 10.0. The number of benzene rings is 3. The van der Waals surface area contributed by atoms with Gasteiger partial charge in [0.1, 0.15) is 4.90 Å². The van der Waals surface area contributed by atoms with Crippen LogP contribution in [0.3, 0.4) is 0 Å². The Hall–Kier alpha value is -3.38. The van der Waals surface area contributed by atoms with Crippen LogP contribution in [0, 0.1) is 28.4 Å². The van der Waals surface area contributed by atoms with E-state index in [-0.39, 0.29) is 32.0 Å². The van der Waals surface area contributed by atoms with Crippen molar-refractivity contribution >= 4 is 50.7 Å². The molecule has 3 aromatic carbocycles. The van der Waals surface area contributed by atoms with Crippen molar-refractivity contribution in [2.24, 2.45) is 0 Å². The Kier molecular flexibility index (Phi) is 6.84. The minimum absolute atomic E-state index is 0.0517. The topological polar surface area (TPSA) is 110 Å². The number of nitro benzene ring substituents is 1. The molecule has 0 aromatic heterocycles. The van der Waals surface area contributed by atoms with Gasteiger partial charge in [0.25, 0.3) is 5.69 Å². The Morgan fingerprint density at radius 1 is 1.06 bits per heavy atom. The fourth-order valence-electron chi connectivity index (χ4n) is 2.71. The zero-order valence-electron chi connectivity index (χ0n) is 16.5. The average Bonchev–Trinajstić information content (AvgIpc) is 2.75. The first kappa shape index (κ1) is 23.3. The number of allylic oxidation sites excluding steroid dienone is 1. The molecule has 0 spiro atoms. The Balaban J connectivity index is 1.93. The molecule has 0 aliphatic carbocycles. The van der Waals surface area contributed by atoms with Gasteiger partial charge in [0.2, 0.25) is 0 Å². The predicted octanol–water partition coefficient (Wildman–Crippen LogP) is 6.04. The summed E-state index contributed by atoms with van der Waals surface area (Å²) >= 11 is 12.4. The zero-order chi connectivity index (χ0) is 23.5. The molecule has 0 unspecified atom stereocenters. The van der Waals surface area contributed by atoms with Gasteiger partial charge < -0.3 is 4.18 Å². The number of nitro groups is 1. The Bertz CT molecular complexity index is 1340. The van der Waals surface area contributed by atoms with Crippen LogP contribution in [0.25, 0.3) is 11.6 Å². The summed E-state index contributed by atoms with van der Waals surface area (Å²) in [7, 11) is -4.16. The van der Waals surface area contributed by atoms with E-state index in [1.807, 2.05) is 13.0 Å². The van der Waals surface area contributed by atoms with E-state index in [4.69, 9.17) is 27.4 Å². The lowest BCUT2D eigenvalue weighted by Crippen LogP contribution is -2.10. The summed E-state index contributed by atoms with van der Waals surface area (Å²) in [4.78, 5) is 10.2. The number of hydrogen-bond acceptors (Lipinski definition) is 6. The van der Waals surface area contributed by atoms with Crippen molar-refractivity contribution in [3.8, 4) is 11.8 Å². The minimum atomic E-state index is -4.16. The van der Waals surface area contributed by atoms with Gasteiger partial charge in [-0.1, -0.05) is 40.9 Å². The molecule has 0 bridgehead atoms. The van der Waals surface area contributed by atoms with Crippen LogP contribution >= 0.6 is 23.2 Å². The third-order valence-corrected chi connectivity index (χ3v) is 6.14. The van der Waals surface area contributed by atoms with E-state index < -0.39 is 15.0 Å². The molecule has 7 nitrogen and oxygen atoms in total. The predicted molar refractivity (Wildman–Crippen MR) is 122 cm³/mol. The van der Waals surface area contributed by atoms with Crippen molar-refractivity contribution in [1.82, 2.24) is 0 Å². The molecule has 0 N–H and O–H groups in total. The molecule has 10 heteroatoms. The highest BCUT2D eigenvalue weighted by molar-refractivity contribution is 7.87. The monoisotopic (exact) mass is 488 g/mol. The Labute approximate surface area is 194 Å². The smallest absolute Gasteiger partial charge is 0.339 e. The summed E-state index contributed by atoms with van der Waals surface area (Å²) in [6, 6.07) is 16.4. The van der Waals surface area contributed by atoms with E-state index >= 15 is 0 Å². The average molecular weight is 489 g/mol. The van der Waals surface area contributed by atoms with Gasteiger partial charge in [0.15, 0.2) is 5.75 Å². The van der Waals surface area contributed by atoms with Crippen molar-refractivity contribution < 1.29 is 17.5 Å². The molecule has 0 aliphatic rings. The quantitative estimate of drug-likeness (QED) is 0.137. The third-order valence-electron chi connectivity index (χ3n) is 4.34. The number of halogens is 2. The normalized spacial score (nSPS) is 11.6. The molecule has 162 valence electrons. The molecule has 0 saturated heterocycles. The maximum Gasteiger partial charge on any atom is 0.339 e. The van der Waals surface area contributed by atoms with Gasteiger partial charge in [0.05, 0.1) is 26.6 Å². The standard InChI is InChI=1S/C22H14Cl2N2O5S/c1-14-2-8-19(9-3-14)32(29,30)31-22-20(23)11-15(12-21(22)24)10-17(13-25)16-4-6-18(7-5-16)26(27)28/h2-12H,1H3/b17-10+. The van der Waals surface area contributed by atoms with E-state index in [0.717, 1.165) is 5.56 Å². The second kappa shape index (κ2) is 9.40. The van der Waals surface area contributed by atoms with Crippen molar-refractivity contribution in [1.29, 1.82) is 5.26 Å². The maximum absolute atomic E-state index is 12.5. The van der Waals surface area contributed by atoms with Gasteiger partial charge in [-0.15, -0.1) is 0 Å². The fraction of sp³-hybridized carbons (Fsp3) is 0.0455. The second-order valence-electron chi connectivity index (χ2n) is 6.64. The second-order valence-corrected chi connectivity index (χ2v) is 9.00. The Morgan fingerprint density at radius 3 is 2.12 bits per heavy atom. The van der Waals surface area contributed by atoms with Gasteiger partial charge >= 0.3 is 10.1 Å².